The number of hydrogen-bond donors (Lipinski definition) is 0. The molecule has 2 aromatic heterocycles. The molecule has 0 N–H and O–H groups in total. The molecule has 10 aromatic rings. The summed E-state index contributed by atoms with van der Waals surface area (Å²) in [4.78, 5) is 7.05. The van der Waals surface area contributed by atoms with Crippen molar-refractivity contribution in [1.82, 2.24) is 4.57 Å². The Bertz CT molecular complexity index is 3210. The van der Waals surface area contributed by atoms with E-state index in [0.717, 1.165) is 35.5 Å². The fraction of sp³-hybridized carbons (Fsp3) is 0.0577. The van der Waals surface area contributed by atoms with Crippen molar-refractivity contribution >= 4 is 81.7 Å². The number of fused-ring (bicyclic) bond motifs is 8. The lowest BCUT2D eigenvalue weighted by Gasteiger charge is -2.20. The zero-order valence-electron chi connectivity index (χ0n) is 30.5. The van der Waals surface area contributed by atoms with Gasteiger partial charge in [0.2, 0.25) is 0 Å². The molecule has 0 fully saturated rings. The van der Waals surface area contributed by atoms with Crippen molar-refractivity contribution in [3.05, 3.63) is 198 Å². The van der Waals surface area contributed by atoms with Gasteiger partial charge in [-0.05, 0) is 100 Å². The van der Waals surface area contributed by atoms with E-state index in [-0.39, 0.29) is 0 Å². The molecule has 0 unspecified atom stereocenters. The minimum atomic E-state index is 0.959. The molecule has 55 heavy (non-hydrogen) atoms. The van der Waals surface area contributed by atoms with Crippen LogP contribution in [-0.4, -0.2) is 10.3 Å². The van der Waals surface area contributed by atoms with Gasteiger partial charge in [0.25, 0.3) is 0 Å². The van der Waals surface area contributed by atoms with Gasteiger partial charge in [-0.15, -0.1) is 11.3 Å². The molecule has 1 aliphatic rings. The summed E-state index contributed by atoms with van der Waals surface area (Å²) in [5.74, 6) is 0. The Morgan fingerprint density at radius 2 is 1.16 bits per heavy atom. The largest absolute Gasteiger partial charge is 0.309 e. The van der Waals surface area contributed by atoms with Crippen LogP contribution >= 0.6 is 11.3 Å². The van der Waals surface area contributed by atoms with Gasteiger partial charge in [0.05, 0.1) is 22.4 Å². The van der Waals surface area contributed by atoms with E-state index in [4.69, 9.17) is 4.99 Å². The van der Waals surface area contributed by atoms with E-state index in [0.29, 0.717) is 0 Å². The Labute approximate surface area is 324 Å². The topological polar surface area (TPSA) is 17.3 Å². The number of aliphatic imine (C=N–C) groups is 1. The van der Waals surface area contributed by atoms with Gasteiger partial charge in [-0.2, -0.15) is 0 Å². The van der Waals surface area contributed by atoms with Gasteiger partial charge in [0, 0.05) is 42.6 Å². The van der Waals surface area contributed by atoms with Crippen LogP contribution in [-0.2, 0) is 6.42 Å². The summed E-state index contributed by atoms with van der Waals surface area (Å²) in [5.41, 5.74) is 13.1. The van der Waals surface area contributed by atoms with E-state index < -0.39 is 0 Å². The summed E-state index contributed by atoms with van der Waals surface area (Å²) in [7, 11) is 0. The van der Waals surface area contributed by atoms with Crippen molar-refractivity contribution < 1.29 is 0 Å². The quantitative estimate of drug-likeness (QED) is 0.172. The first-order valence-corrected chi connectivity index (χ1v) is 19.9. The van der Waals surface area contributed by atoms with Crippen molar-refractivity contribution in [3.63, 3.8) is 0 Å². The van der Waals surface area contributed by atoms with Crippen molar-refractivity contribution in [2.24, 2.45) is 4.99 Å². The minimum Gasteiger partial charge on any atom is -0.309 e. The number of rotatable bonds is 4. The zero-order chi connectivity index (χ0) is 36.5. The molecule has 0 saturated heterocycles. The fourth-order valence-electron chi connectivity index (χ4n) is 8.69. The molecule has 0 bridgehead atoms. The van der Waals surface area contributed by atoms with Crippen LogP contribution in [0.4, 0.5) is 5.69 Å². The number of aromatic nitrogens is 1. The zero-order valence-corrected chi connectivity index (χ0v) is 31.3. The van der Waals surface area contributed by atoms with E-state index in [2.05, 4.69) is 187 Å². The average Bonchev–Trinajstić information content (AvgIpc) is 3.74. The molecule has 0 spiro atoms. The molecule has 0 atom stereocenters. The molecule has 8 aromatic carbocycles. The summed E-state index contributed by atoms with van der Waals surface area (Å²) in [5, 5.41) is 8.80. The SMILES string of the molecule is C/C1=C(c2cccc(-n3c4ccccc4c4cc5ccccc5cc43)c2)\C(c2ccccc2)=N/c2c(sc3cc(-c4ccc5ccccc5c4)ccc23)CC1. The van der Waals surface area contributed by atoms with Gasteiger partial charge in [-0.25, -0.2) is 4.99 Å². The Morgan fingerprint density at radius 3 is 2.02 bits per heavy atom. The first-order chi connectivity index (χ1) is 27.2. The second-order valence-electron chi connectivity index (χ2n) is 14.7. The molecule has 0 aliphatic carbocycles. The van der Waals surface area contributed by atoms with Gasteiger partial charge in [-0.1, -0.05) is 139 Å². The summed E-state index contributed by atoms with van der Waals surface area (Å²) in [6, 6.07) is 64.4. The molecule has 1 aliphatic heterocycles. The summed E-state index contributed by atoms with van der Waals surface area (Å²) >= 11 is 1.90. The van der Waals surface area contributed by atoms with Gasteiger partial charge < -0.3 is 4.57 Å². The van der Waals surface area contributed by atoms with Gasteiger partial charge in [0.1, 0.15) is 0 Å². The van der Waals surface area contributed by atoms with E-state index in [1.165, 1.54) is 86.2 Å². The lowest BCUT2D eigenvalue weighted by atomic mass is 9.88. The highest BCUT2D eigenvalue weighted by Crippen LogP contribution is 2.44. The number of hydrogen-bond acceptors (Lipinski definition) is 2. The second kappa shape index (κ2) is 12.8. The van der Waals surface area contributed by atoms with Gasteiger partial charge in [-0.3, -0.25) is 0 Å². The fourth-order valence-corrected chi connectivity index (χ4v) is 9.87. The standard InChI is InChI=1S/C52H36N2S/c1-33-22-27-48-52(44-26-25-40(32-49(44)55-48)39-24-23-34-12-5-6-15-36(34)28-39)53-51(35-13-3-2-4-14-35)50(33)41-18-11-19-42(29-41)54-46-21-10-9-20-43(46)45-30-37-16-7-8-17-38(37)31-47(45)54/h2-21,23-26,28-32H,22,27H2,1H3/b50-33+,53-51-. The van der Waals surface area contributed by atoms with Crippen molar-refractivity contribution in [1.29, 1.82) is 0 Å². The Kier molecular flexibility index (Phi) is 7.43. The Morgan fingerprint density at radius 1 is 0.473 bits per heavy atom. The third-order valence-electron chi connectivity index (χ3n) is 11.4. The maximum absolute atomic E-state index is 5.70. The van der Waals surface area contributed by atoms with Crippen molar-refractivity contribution in [2.45, 2.75) is 19.8 Å². The third kappa shape index (κ3) is 5.34. The van der Waals surface area contributed by atoms with Crippen LogP contribution in [0.1, 0.15) is 29.3 Å². The maximum Gasteiger partial charge on any atom is 0.0855 e. The first-order valence-electron chi connectivity index (χ1n) is 19.1. The lowest BCUT2D eigenvalue weighted by Crippen LogP contribution is -2.09. The number of benzene rings is 8. The van der Waals surface area contributed by atoms with E-state index in [1.54, 1.807) is 0 Å². The van der Waals surface area contributed by atoms with E-state index in [1.807, 2.05) is 11.3 Å². The predicted octanol–water partition coefficient (Wildman–Crippen LogP) is 14.5. The molecule has 260 valence electrons. The molecule has 3 heteroatoms. The van der Waals surface area contributed by atoms with Crippen LogP contribution in [0.25, 0.3) is 75.8 Å². The molecule has 0 amide bonds. The number of allylic oxidation sites excluding steroid dienone is 2. The summed E-state index contributed by atoms with van der Waals surface area (Å²) in [6.45, 7) is 2.31. The van der Waals surface area contributed by atoms with Gasteiger partial charge in [0.15, 0.2) is 0 Å². The van der Waals surface area contributed by atoms with Crippen LogP contribution in [0.2, 0.25) is 0 Å². The maximum atomic E-state index is 5.70. The smallest absolute Gasteiger partial charge is 0.0855 e. The van der Waals surface area contributed by atoms with Crippen molar-refractivity contribution in [3.8, 4) is 16.8 Å². The number of aryl methyl sites for hydroxylation is 1. The van der Waals surface area contributed by atoms with Crippen molar-refractivity contribution in [2.75, 3.05) is 0 Å². The molecule has 0 radical (unpaired) electrons. The average molecular weight is 721 g/mol. The van der Waals surface area contributed by atoms with Crippen LogP contribution in [0.15, 0.2) is 186 Å². The predicted molar refractivity (Wildman–Crippen MR) is 237 cm³/mol. The van der Waals surface area contributed by atoms with E-state index in [9.17, 15) is 0 Å². The van der Waals surface area contributed by atoms with Gasteiger partial charge >= 0.3 is 0 Å². The highest BCUT2D eigenvalue weighted by molar-refractivity contribution is 7.19. The third-order valence-corrected chi connectivity index (χ3v) is 12.6. The number of para-hydroxylation sites is 1. The molecule has 2 nitrogen and oxygen atoms in total. The number of nitrogens with zero attached hydrogens (tertiary/aromatic N) is 2. The summed E-state index contributed by atoms with van der Waals surface area (Å²) in [6.07, 6.45) is 1.92. The normalized spacial score (nSPS) is 15.7. The highest BCUT2D eigenvalue weighted by atomic mass is 32.1. The van der Waals surface area contributed by atoms with Crippen LogP contribution < -0.4 is 0 Å². The highest BCUT2D eigenvalue weighted by Gasteiger charge is 2.23. The lowest BCUT2D eigenvalue weighted by molar-refractivity contribution is 0.961. The summed E-state index contributed by atoms with van der Waals surface area (Å²) < 4.78 is 3.73. The second-order valence-corrected chi connectivity index (χ2v) is 15.9. The number of thiophene rings is 1. The first kappa shape index (κ1) is 31.9. The molecule has 11 rings (SSSR count). The Balaban J connectivity index is 1.08. The molecular weight excluding hydrogens is 685 g/mol. The van der Waals surface area contributed by atoms with Crippen LogP contribution in [0.3, 0.4) is 0 Å². The van der Waals surface area contributed by atoms with Crippen LogP contribution in [0, 0.1) is 0 Å². The minimum absolute atomic E-state index is 0.959. The Hall–Kier alpha value is -6.55. The molecule has 0 saturated carbocycles. The monoisotopic (exact) mass is 720 g/mol. The van der Waals surface area contributed by atoms with Crippen LogP contribution in [0.5, 0.6) is 0 Å². The molecular formula is C52H36N2S. The van der Waals surface area contributed by atoms with E-state index >= 15 is 0 Å². The molecule has 3 heterocycles.